The first-order chi connectivity index (χ1) is 18.1. The Morgan fingerprint density at radius 3 is 2.47 bits per heavy atom. The maximum atomic E-state index is 12.9. The molecule has 0 spiro atoms. The lowest BCUT2D eigenvalue weighted by atomic mass is 10.00. The second kappa shape index (κ2) is 11.0. The number of likely N-dealkylation sites (tertiary alicyclic amines) is 1. The molecule has 3 aliphatic rings. The average Bonchev–Trinajstić information content (AvgIpc) is 3.53. The van der Waals surface area contributed by atoms with Crippen molar-refractivity contribution in [2.75, 3.05) is 67.6 Å². The summed E-state index contributed by atoms with van der Waals surface area (Å²) in [5.41, 5.74) is 9.76. The van der Waals surface area contributed by atoms with Crippen LogP contribution in [0.25, 0.3) is 11.1 Å². The number of benzene rings is 1. The summed E-state index contributed by atoms with van der Waals surface area (Å²) < 4.78 is 43.9. The minimum atomic E-state index is -4.22. The van der Waals surface area contributed by atoms with Crippen molar-refractivity contribution < 1.29 is 22.7 Å². The number of pyridine rings is 1. The number of hydrogen-bond donors (Lipinski definition) is 2. The van der Waals surface area contributed by atoms with Crippen molar-refractivity contribution in [2.24, 2.45) is 11.7 Å². The number of nitrogens with one attached hydrogen (secondary N) is 1. The van der Waals surface area contributed by atoms with Crippen molar-refractivity contribution in [3.8, 4) is 11.1 Å². The molecule has 3 N–H and O–H groups in total. The van der Waals surface area contributed by atoms with Crippen molar-refractivity contribution in [2.45, 2.75) is 38.4 Å². The summed E-state index contributed by atoms with van der Waals surface area (Å²) in [6.45, 7) is 6.86. The second-order valence-corrected chi connectivity index (χ2v) is 10.5. The van der Waals surface area contributed by atoms with Gasteiger partial charge in [0.2, 0.25) is 0 Å². The largest absolute Gasteiger partial charge is 0.389 e. The van der Waals surface area contributed by atoms with Crippen LogP contribution in [0.15, 0.2) is 30.3 Å². The van der Waals surface area contributed by atoms with Gasteiger partial charge in [-0.25, -0.2) is 9.78 Å². The first-order valence-corrected chi connectivity index (χ1v) is 13.2. The number of ether oxygens (including phenoxy) is 1. The number of rotatable bonds is 5. The molecule has 0 aliphatic carbocycles. The highest BCUT2D eigenvalue weighted by Crippen LogP contribution is 2.34. The summed E-state index contributed by atoms with van der Waals surface area (Å²) in [7, 11) is 0. The number of nitrogens with two attached hydrogens (primary N) is 1. The molecule has 1 aromatic heterocycles. The van der Waals surface area contributed by atoms with Crippen LogP contribution in [0.3, 0.4) is 0 Å². The van der Waals surface area contributed by atoms with Gasteiger partial charge in [0.1, 0.15) is 11.6 Å². The molecule has 2 amide bonds. The molecule has 5 rings (SSSR count). The number of carbonyl (C=O) groups is 1. The van der Waals surface area contributed by atoms with Crippen LogP contribution in [-0.2, 0) is 4.74 Å². The Bertz CT molecular complexity index is 1130. The zero-order valence-corrected chi connectivity index (χ0v) is 21.6. The lowest BCUT2D eigenvalue weighted by Gasteiger charge is -2.29. The highest BCUT2D eigenvalue weighted by atomic mass is 19.4. The van der Waals surface area contributed by atoms with Gasteiger partial charge in [0.15, 0.2) is 0 Å². The quantitative estimate of drug-likeness (QED) is 0.599. The highest BCUT2D eigenvalue weighted by Gasteiger charge is 2.36. The Morgan fingerprint density at radius 2 is 1.79 bits per heavy atom. The summed E-state index contributed by atoms with van der Waals surface area (Å²) in [6.07, 6.45) is -3.80. The van der Waals surface area contributed by atoms with Crippen LogP contribution in [0.5, 0.6) is 0 Å². The first kappa shape index (κ1) is 26.6. The van der Waals surface area contributed by atoms with Crippen LogP contribution in [-0.4, -0.2) is 80.6 Å². The second-order valence-electron chi connectivity index (χ2n) is 10.5. The average molecular weight is 533 g/mol. The van der Waals surface area contributed by atoms with Crippen molar-refractivity contribution in [1.29, 1.82) is 0 Å². The van der Waals surface area contributed by atoms with Gasteiger partial charge in [-0.05, 0) is 66.6 Å². The molecule has 0 saturated carbocycles. The van der Waals surface area contributed by atoms with Crippen LogP contribution in [0.2, 0.25) is 0 Å². The van der Waals surface area contributed by atoms with Crippen molar-refractivity contribution in [1.82, 2.24) is 9.88 Å². The molecule has 2 atom stereocenters. The molecule has 3 fully saturated rings. The molecule has 3 saturated heterocycles. The number of alkyl halides is 3. The van der Waals surface area contributed by atoms with Gasteiger partial charge in [-0.3, -0.25) is 0 Å². The van der Waals surface area contributed by atoms with E-state index in [1.165, 1.54) is 4.90 Å². The topological polar surface area (TPSA) is 87.0 Å². The zero-order chi connectivity index (χ0) is 26.9. The molecule has 1 aromatic carbocycles. The van der Waals surface area contributed by atoms with Crippen LogP contribution in [0.4, 0.5) is 35.3 Å². The SMILES string of the molecule is Cc1ccc(NC(=O)N2CC[C@@H](CC(F)(F)F)C2)cc1-c1cc(N2CCOCC2)nc(N2CC[C@@H](N)C2)c1. The Morgan fingerprint density at radius 1 is 1.05 bits per heavy atom. The number of amides is 2. The zero-order valence-electron chi connectivity index (χ0n) is 21.6. The third-order valence-electron chi connectivity index (χ3n) is 7.58. The van der Waals surface area contributed by atoms with Crippen molar-refractivity contribution in [3.05, 3.63) is 35.9 Å². The standard InChI is InChI=1S/C27H35F3N6O2/c1-18-2-3-22(32-26(37)36-6-4-19(16-36)15-27(28,29)30)14-23(18)20-12-24(34-8-10-38-11-9-34)33-25(13-20)35-7-5-21(31)17-35/h2-3,12-14,19,21H,4-11,15-17,31H2,1H3,(H,32,37)/t19-,21+/m0/s1. The highest BCUT2D eigenvalue weighted by molar-refractivity contribution is 5.91. The van der Waals surface area contributed by atoms with E-state index < -0.39 is 18.5 Å². The first-order valence-electron chi connectivity index (χ1n) is 13.2. The predicted octanol–water partition coefficient (Wildman–Crippen LogP) is 4.24. The maximum absolute atomic E-state index is 12.9. The van der Waals surface area contributed by atoms with Gasteiger partial charge in [0.25, 0.3) is 0 Å². The molecule has 38 heavy (non-hydrogen) atoms. The third-order valence-corrected chi connectivity index (χ3v) is 7.58. The fourth-order valence-corrected chi connectivity index (χ4v) is 5.49. The van der Waals surface area contributed by atoms with Gasteiger partial charge < -0.3 is 30.5 Å². The lowest BCUT2D eigenvalue weighted by molar-refractivity contribution is -0.143. The summed E-state index contributed by atoms with van der Waals surface area (Å²) in [5, 5.41) is 2.89. The molecule has 206 valence electrons. The fraction of sp³-hybridized carbons (Fsp3) is 0.556. The van der Waals surface area contributed by atoms with E-state index in [-0.39, 0.29) is 18.6 Å². The summed E-state index contributed by atoms with van der Waals surface area (Å²) in [6, 6.07) is 9.58. The normalized spacial score (nSPS) is 22.3. The maximum Gasteiger partial charge on any atom is 0.389 e. The Balaban J connectivity index is 1.38. The van der Waals surface area contributed by atoms with Crippen LogP contribution in [0.1, 0.15) is 24.8 Å². The van der Waals surface area contributed by atoms with Gasteiger partial charge in [0, 0.05) is 57.4 Å². The predicted molar refractivity (Wildman–Crippen MR) is 142 cm³/mol. The van der Waals surface area contributed by atoms with E-state index >= 15 is 0 Å². The number of hydrogen-bond acceptors (Lipinski definition) is 6. The van der Waals surface area contributed by atoms with Crippen LogP contribution >= 0.6 is 0 Å². The van der Waals surface area contributed by atoms with Gasteiger partial charge in [0.05, 0.1) is 13.2 Å². The van der Waals surface area contributed by atoms with E-state index in [1.807, 2.05) is 25.1 Å². The van der Waals surface area contributed by atoms with Crippen LogP contribution < -0.4 is 20.9 Å². The molecular formula is C27H35F3N6O2. The van der Waals surface area contributed by atoms with E-state index in [0.29, 0.717) is 31.9 Å². The van der Waals surface area contributed by atoms with Gasteiger partial charge in [-0.2, -0.15) is 13.2 Å². The van der Waals surface area contributed by atoms with Crippen molar-refractivity contribution in [3.63, 3.8) is 0 Å². The molecule has 0 unspecified atom stereocenters. The minimum Gasteiger partial charge on any atom is -0.378 e. The molecule has 4 heterocycles. The van der Waals surface area contributed by atoms with E-state index in [4.69, 9.17) is 15.5 Å². The number of halogens is 3. The van der Waals surface area contributed by atoms with Gasteiger partial charge >= 0.3 is 12.2 Å². The number of aromatic nitrogens is 1. The Hall–Kier alpha value is -3.05. The summed E-state index contributed by atoms with van der Waals surface area (Å²) >= 11 is 0. The Labute approximate surface area is 220 Å². The van der Waals surface area contributed by atoms with E-state index in [1.54, 1.807) is 0 Å². The third kappa shape index (κ3) is 6.32. The van der Waals surface area contributed by atoms with Gasteiger partial charge in [-0.1, -0.05) is 6.07 Å². The van der Waals surface area contributed by atoms with E-state index in [9.17, 15) is 18.0 Å². The monoisotopic (exact) mass is 532 g/mol. The summed E-state index contributed by atoms with van der Waals surface area (Å²) in [5.74, 6) is 1.20. The molecule has 11 heteroatoms. The number of urea groups is 1. The molecule has 3 aliphatic heterocycles. The molecule has 0 radical (unpaired) electrons. The van der Waals surface area contributed by atoms with E-state index in [2.05, 4.69) is 27.2 Å². The molecule has 8 nitrogen and oxygen atoms in total. The number of nitrogens with zero attached hydrogens (tertiary/aromatic N) is 4. The fourth-order valence-electron chi connectivity index (χ4n) is 5.49. The molecular weight excluding hydrogens is 497 g/mol. The summed E-state index contributed by atoms with van der Waals surface area (Å²) in [4.78, 5) is 23.7. The van der Waals surface area contributed by atoms with E-state index in [0.717, 1.165) is 60.9 Å². The van der Waals surface area contributed by atoms with Crippen molar-refractivity contribution >= 4 is 23.4 Å². The lowest BCUT2D eigenvalue weighted by Crippen LogP contribution is -2.37. The number of aryl methyl sites for hydroxylation is 1. The smallest absolute Gasteiger partial charge is 0.378 e. The molecule has 2 aromatic rings. The minimum absolute atomic E-state index is 0.110. The van der Waals surface area contributed by atoms with Gasteiger partial charge in [-0.15, -0.1) is 0 Å². The number of carbonyl (C=O) groups excluding carboxylic acids is 1. The van der Waals surface area contributed by atoms with Crippen LogP contribution in [0, 0.1) is 12.8 Å². The number of anilines is 3. The number of morpholine rings is 1. The molecule has 0 bridgehead atoms. The Kier molecular flexibility index (Phi) is 7.67.